The van der Waals surface area contributed by atoms with Gasteiger partial charge in [0.2, 0.25) is 0 Å². The molecule has 0 unspecified atom stereocenters. The summed E-state index contributed by atoms with van der Waals surface area (Å²) in [5.74, 6) is 0. The van der Waals surface area contributed by atoms with E-state index in [1.165, 1.54) is 121 Å². The molecule has 1 aliphatic carbocycles. The van der Waals surface area contributed by atoms with Crippen LogP contribution in [0.15, 0.2) is 170 Å². The summed E-state index contributed by atoms with van der Waals surface area (Å²) in [6.07, 6.45) is 2.34. The van der Waals surface area contributed by atoms with Crippen molar-refractivity contribution < 1.29 is 0 Å². The van der Waals surface area contributed by atoms with E-state index in [4.69, 9.17) is 0 Å². The summed E-state index contributed by atoms with van der Waals surface area (Å²) in [5.41, 5.74) is 23.4. The van der Waals surface area contributed by atoms with Gasteiger partial charge in [-0.1, -0.05) is 174 Å². The molecule has 0 saturated carbocycles. The molecule has 5 heteroatoms. The van der Waals surface area contributed by atoms with Crippen molar-refractivity contribution in [2.75, 3.05) is 14.6 Å². The fraction of sp³-hybridized carbons (Fsp3) is 0.268. The summed E-state index contributed by atoms with van der Waals surface area (Å²) in [6.45, 7) is 28.5. The van der Waals surface area contributed by atoms with Crippen LogP contribution >= 0.6 is 11.3 Å². The molecule has 3 nitrogen and oxygen atoms in total. The highest BCUT2D eigenvalue weighted by Gasteiger charge is 2.51. The first-order valence-corrected chi connectivity index (χ1v) is 28.6. The molecule has 0 atom stereocenters. The van der Waals surface area contributed by atoms with Crippen LogP contribution < -0.4 is 25.5 Å². The number of rotatable bonds is 4. The normalized spacial score (nSPS) is 16.6. The van der Waals surface area contributed by atoms with Crippen LogP contribution in [0.3, 0.4) is 0 Å². The van der Waals surface area contributed by atoms with Crippen molar-refractivity contribution in [1.29, 1.82) is 0 Å². The third kappa shape index (κ3) is 6.86. The van der Waals surface area contributed by atoms with Gasteiger partial charge >= 0.3 is 6.85 Å². The lowest BCUT2D eigenvalue weighted by Gasteiger charge is -2.51. The standard InChI is InChI=1S/C71H68BN3S/c1-67(2,3)45-24-28-47(29-25-45)73(48-30-26-46(27-31-48)68(4,5)6)49-33-35-59-53(40-49)63-64-61(42-52-51-20-15-16-23-62(51)76-66(52)63)74-60-39-44-19-14-13-18-43(44)38-57(60)71(11,12)55-21-17-22-58(65(55)74)72(64)75(59)50-32-34-54-56(41-50)70(9,10)37-36-69(54,7)8/h13-35,38-42H,36-37H2,1-12H3. The molecule has 10 aromatic rings. The lowest BCUT2D eigenvalue weighted by Crippen LogP contribution is -2.62. The maximum absolute atomic E-state index is 2.76. The van der Waals surface area contributed by atoms with Crippen LogP contribution in [0.5, 0.6) is 0 Å². The highest BCUT2D eigenvalue weighted by atomic mass is 32.1. The molecule has 0 N–H and O–H groups in total. The molecule has 376 valence electrons. The summed E-state index contributed by atoms with van der Waals surface area (Å²) < 4.78 is 2.67. The lowest BCUT2D eigenvalue weighted by molar-refractivity contribution is 0.332. The highest BCUT2D eigenvalue weighted by Crippen LogP contribution is 2.59. The molecule has 0 amide bonds. The van der Waals surface area contributed by atoms with Gasteiger partial charge in [-0.2, -0.15) is 0 Å². The Morgan fingerprint density at radius 3 is 1.79 bits per heavy atom. The van der Waals surface area contributed by atoms with Crippen molar-refractivity contribution in [3.63, 3.8) is 0 Å². The quantitative estimate of drug-likeness (QED) is 0.163. The molecule has 0 fully saturated rings. The molecule has 0 bridgehead atoms. The molecule has 0 spiro atoms. The Hall–Kier alpha value is -7.08. The molecule has 14 rings (SSSR count). The Balaban J connectivity index is 1.11. The summed E-state index contributed by atoms with van der Waals surface area (Å²) in [5, 5.41) is 5.17. The van der Waals surface area contributed by atoms with Gasteiger partial charge in [0, 0.05) is 76.5 Å². The Kier molecular flexibility index (Phi) is 9.97. The second kappa shape index (κ2) is 16.0. The van der Waals surface area contributed by atoms with Gasteiger partial charge in [-0.25, -0.2) is 0 Å². The van der Waals surface area contributed by atoms with Crippen LogP contribution in [0, 0.1) is 0 Å². The molecule has 76 heavy (non-hydrogen) atoms. The number of nitrogens with zero attached hydrogens (tertiary/aromatic N) is 3. The fourth-order valence-corrected chi connectivity index (χ4v) is 15.1. The number of para-hydroxylation sites is 1. The van der Waals surface area contributed by atoms with E-state index >= 15 is 0 Å². The van der Waals surface area contributed by atoms with Gasteiger partial charge in [-0.05, 0) is 168 Å². The zero-order chi connectivity index (χ0) is 52.6. The second-order valence-corrected chi connectivity index (χ2v) is 27.5. The molecule has 4 heterocycles. The van der Waals surface area contributed by atoms with Gasteiger partial charge in [0.15, 0.2) is 0 Å². The first kappa shape index (κ1) is 47.4. The summed E-state index contributed by atoms with van der Waals surface area (Å²) in [7, 11) is 0. The van der Waals surface area contributed by atoms with Crippen molar-refractivity contribution in [2.45, 2.75) is 123 Å². The van der Waals surface area contributed by atoms with Crippen molar-refractivity contribution >= 4 is 106 Å². The molecule has 0 saturated heterocycles. The number of hydrogen-bond donors (Lipinski definition) is 0. The molecule has 9 aromatic carbocycles. The molecule has 1 aromatic heterocycles. The van der Waals surface area contributed by atoms with E-state index in [-0.39, 0.29) is 33.9 Å². The Bertz CT molecular complexity index is 4010. The fourth-order valence-electron chi connectivity index (χ4n) is 13.9. The van der Waals surface area contributed by atoms with Crippen LogP contribution in [0.1, 0.15) is 129 Å². The van der Waals surface area contributed by atoms with Crippen LogP contribution in [-0.2, 0) is 27.1 Å². The highest BCUT2D eigenvalue weighted by molar-refractivity contribution is 7.26. The molecule has 4 aliphatic rings. The van der Waals surface area contributed by atoms with Gasteiger partial charge in [-0.3, -0.25) is 0 Å². The number of fused-ring (bicyclic) bond motifs is 12. The number of benzene rings is 9. The first-order chi connectivity index (χ1) is 36.2. The zero-order valence-electron chi connectivity index (χ0n) is 46.4. The number of thiophene rings is 1. The molecular formula is C71H68BN3S. The summed E-state index contributed by atoms with van der Waals surface area (Å²) in [6, 6.07) is 66.5. The Morgan fingerprint density at radius 1 is 0.500 bits per heavy atom. The SMILES string of the molecule is CC(C)(C)c1ccc(N(c2ccc(C(C)(C)C)cc2)c2ccc3c(c2)-c2c4c(cc5c2sc2ccccc25)N2c5cc6ccccc6cc5C(C)(C)c5cccc(c52)B4N3c2ccc3c(c2)C(C)(C)CCC3(C)C)cc1. The van der Waals surface area contributed by atoms with E-state index in [1.54, 1.807) is 0 Å². The van der Waals surface area contributed by atoms with Gasteiger partial charge < -0.3 is 14.6 Å². The van der Waals surface area contributed by atoms with E-state index in [0.717, 1.165) is 23.5 Å². The minimum atomic E-state index is -0.256. The van der Waals surface area contributed by atoms with Crippen molar-refractivity contribution in [3.8, 4) is 11.1 Å². The summed E-state index contributed by atoms with van der Waals surface area (Å²) in [4.78, 5) is 7.95. The van der Waals surface area contributed by atoms with Crippen molar-refractivity contribution in [1.82, 2.24) is 0 Å². The monoisotopic (exact) mass is 1010 g/mol. The van der Waals surface area contributed by atoms with Crippen LogP contribution in [0.2, 0.25) is 0 Å². The number of hydrogen-bond acceptors (Lipinski definition) is 4. The van der Waals surface area contributed by atoms with E-state index in [0.29, 0.717) is 0 Å². The Labute approximate surface area is 454 Å². The maximum atomic E-state index is 2.76. The van der Waals surface area contributed by atoms with E-state index in [1.807, 2.05) is 11.3 Å². The first-order valence-electron chi connectivity index (χ1n) is 27.7. The topological polar surface area (TPSA) is 9.72 Å². The van der Waals surface area contributed by atoms with E-state index in [9.17, 15) is 0 Å². The minimum Gasteiger partial charge on any atom is -0.376 e. The van der Waals surface area contributed by atoms with Crippen LogP contribution in [-0.4, -0.2) is 6.85 Å². The largest absolute Gasteiger partial charge is 0.376 e. The minimum absolute atomic E-state index is 0.0321. The van der Waals surface area contributed by atoms with E-state index in [2.05, 4.69) is 268 Å². The predicted molar refractivity (Wildman–Crippen MR) is 330 cm³/mol. The molecular weight excluding hydrogens is 938 g/mol. The third-order valence-corrected chi connectivity index (χ3v) is 19.6. The van der Waals surface area contributed by atoms with Gasteiger partial charge in [0.05, 0.1) is 5.69 Å². The average molecular weight is 1010 g/mol. The zero-order valence-corrected chi connectivity index (χ0v) is 47.2. The molecule has 3 aliphatic heterocycles. The number of anilines is 8. The van der Waals surface area contributed by atoms with Gasteiger partial charge in [0.1, 0.15) is 0 Å². The van der Waals surface area contributed by atoms with Gasteiger partial charge in [0.25, 0.3) is 0 Å². The van der Waals surface area contributed by atoms with Gasteiger partial charge in [-0.15, -0.1) is 11.3 Å². The smallest absolute Gasteiger partial charge is 0.333 e. The predicted octanol–water partition coefficient (Wildman–Crippen LogP) is 19.0. The maximum Gasteiger partial charge on any atom is 0.333 e. The molecule has 0 radical (unpaired) electrons. The summed E-state index contributed by atoms with van der Waals surface area (Å²) >= 11 is 1.96. The lowest BCUT2D eigenvalue weighted by atomic mass is 9.42. The van der Waals surface area contributed by atoms with Crippen molar-refractivity contribution in [3.05, 3.63) is 203 Å². The van der Waals surface area contributed by atoms with Crippen molar-refractivity contribution in [2.24, 2.45) is 0 Å². The van der Waals surface area contributed by atoms with E-state index < -0.39 is 0 Å². The van der Waals surface area contributed by atoms with Crippen LogP contribution in [0.25, 0.3) is 42.1 Å². The third-order valence-electron chi connectivity index (χ3n) is 18.4. The van der Waals surface area contributed by atoms with Crippen LogP contribution in [0.4, 0.5) is 45.5 Å². The Morgan fingerprint density at radius 2 is 1.12 bits per heavy atom. The second-order valence-electron chi connectivity index (χ2n) is 26.5. The average Bonchev–Trinajstić information content (AvgIpc) is 3.91.